The lowest BCUT2D eigenvalue weighted by atomic mass is 9.63. The van der Waals surface area contributed by atoms with E-state index >= 15 is 0 Å². The van der Waals surface area contributed by atoms with Crippen LogP contribution >= 0.6 is 0 Å². The Morgan fingerprint density at radius 1 is 1.67 bits per heavy atom. The minimum Gasteiger partial charge on any atom is -0.396 e. The molecule has 0 spiro atoms. The van der Waals surface area contributed by atoms with Crippen LogP contribution in [0.25, 0.3) is 0 Å². The molecule has 0 aromatic rings. The highest BCUT2D eigenvalue weighted by molar-refractivity contribution is 5.02. The van der Waals surface area contributed by atoms with Crippen molar-refractivity contribution in [2.75, 3.05) is 19.7 Å². The van der Waals surface area contributed by atoms with Gasteiger partial charge in [0.1, 0.15) is 0 Å². The summed E-state index contributed by atoms with van der Waals surface area (Å²) in [5, 5.41) is 12.3. The van der Waals surface area contributed by atoms with E-state index in [0.29, 0.717) is 12.0 Å². The van der Waals surface area contributed by atoms with Crippen LogP contribution in [0.1, 0.15) is 12.8 Å². The van der Waals surface area contributed by atoms with Crippen molar-refractivity contribution >= 4 is 0 Å². The van der Waals surface area contributed by atoms with Crippen molar-refractivity contribution in [3.63, 3.8) is 0 Å². The van der Waals surface area contributed by atoms with Gasteiger partial charge in [-0.1, -0.05) is 0 Å². The third-order valence-corrected chi connectivity index (χ3v) is 3.04. The van der Waals surface area contributed by atoms with Crippen molar-refractivity contribution in [2.45, 2.75) is 12.8 Å². The fourth-order valence-corrected chi connectivity index (χ4v) is 2.07. The van der Waals surface area contributed by atoms with Gasteiger partial charge in [0, 0.05) is 12.0 Å². The van der Waals surface area contributed by atoms with E-state index in [2.05, 4.69) is 5.32 Å². The molecule has 1 heterocycles. The van der Waals surface area contributed by atoms with Gasteiger partial charge in [0.05, 0.1) is 6.61 Å². The molecule has 0 aromatic carbocycles. The van der Waals surface area contributed by atoms with Crippen LogP contribution in [0.4, 0.5) is 0 Å². The highest BCUT2D eigenvalue weighted by Gasteiger charge is 2.49. The van der Waals surface area contributed by atoms with E-state index in [0.717, 1.165) is 19.0 Å². The summed E-state index contributed by atoms with van der Waals surface area (Å²) in [6, 6.07) is 0. The maximum absolute atomic E-state index is 9.01. The third kappa shape index (κ3) is 0.578. The van der Waals surface area contributed by atoms with E-state index in [-0.39, 0.29) is 0 Å². The van der Waals surface area contributed by atoms with Gasteiger partial charge in [-0.25, -0.2) is 0 Å². The summed E-state index contributed by atoms with van der Waals surface area (Å²) in [6.07, 6.45) is 2.56. The van der Waals surface area contributed by atoms with Crippen molar-refractivity contribution in [2.24, 2.45) is 11.3 Å². The summed E-state index contributed by atoms with van der Waals surface area (Å²) in [6.45, 7) is 2.58. The highest BCUT2D eigenvalue weighted by atomic mass is 16.3. The van der Waals surface area contributed by atoms with Crippen molar-refractivity contribution in [1.29, 1.82) is 0 Å². The number of hydrogen-bond donors (Lipinski definition) is 2. The molecule has 2 N–H and O–H groups in total. The Bertz CT molecular complexity index is 122. The van der Waals surface area contributed by atoms with Crippen LogP contribution < -0.4 is 5.32 Å². The Balaban J connectivity index is 2.10. The molecule has 2 aliphatic rings. The van der Waals surface area contributed by atoms with E-state index in [9.17, 15) is 0 Å². The minimum atomic E-state index is 0.319. The van der Waals surface area contributed by atoms with Crippen LogP contribution in [-0.2, 0) is 0 Å². The lowest BCUT2D eigenvalue weighted by molar-refractivity contribution is 0.0155. The molecule has 2 fully saturated rings. The lowest BCUT2D eigenvalue weighted by Gasteiger charge is -2.42. The Morgan fingerprint density at radius 2 is 2.56 bits per heavy atom. The maximum Gasteiger partial charge on any atom is 0.0502 e. The Labute approximate surface area is 55.3 Å². The zero-order chi connectivity index (χ0) is 6.32. The normalized spacial score (nSPS) is 48.3. The second-order valence-corrected chi connectivity index (χ2v) is 3.39. The number of rotatable bonds is 1. The molecule has 1 aliphatic heterocycles. The standard InChI is InChI=1S/C7H13NO/c9-5-7-2-1-6(7)3-8-4-7/h6,8-9H,1-5H2. The average molecular weight is 127 g/mol. The largest absolute Gasteiger partial charge is 0.396 e. The molecule has 1 saturated carbocycles. The Morgan fingerprint density at radius 3 is 2.89 bits per heavy atom. The van der Waals surface area contributed by atoms with Crippen molar-refractivity contribution < 1.29 is 5.11 Å². The minimum absolute atomic E-state index is 0.319. The molecule has 0 bridgehead atoms. The van der Waals surface area contributed by atoms with Crippen LogP contribution in [0.15, 0.2) is 0 Å². The summed E-state index contributed by atoms with van der Waals surface area (Å²) in [5.41, 5.74) is 0.319. The van der Waals surface area contributed by atoms with Crippen LogP contribution in [0.3, 0.4) is 0 Å². The molecule has 9 heavy (non-hydrogen) atoms. The van der Waals surface area contributed by atoms with E-state index in [4.69, 9.17) is 5.11 Å². The first-order valence-electron chi connectivity index (χ1n) is 3.69. The number of nitrogens with one attached hydrogen (secondary N) is 1. The van der Waals surface area contributed by atoms with Gasteiger partial charge in [-0.3, -0.25) is 0 Å². The summed E-state index contributed by atoms with van der Waals surface area (Å²) in [4.78, 5) is 0. The summed E-state index contributed by atoms with van der Waals surface area (Å²) < 4.78 is 0. The Kier molecular flexibility index (Phi) is 1.08. The second kappa shape index (κ2) is 1.70. The number of hydrogen-bond acceptors (Lipinski definition) is 2. The van der Waals surface area contributed by atoms with Gasteiger partial charge in [0.15, 0.2) is 0 Å². The smallest absolute Gasteiger partial charge is 0.0502 e. The first-order chi connectivity index (χ1) is 4.37. The van der Waals surface area contributed by atoms with Crippen LogP contribution in [-0.4, -0.2) is 24.8 Å². The number of fused-ring (bicyclic) bond motifs is 1. The Hall–Kier alpha value is -0.0800. The van der Waals surface area contributed by atoms with E-state index < -0.39 is 0 Å². The molecular formula is C7H13NO. The van der Waals surface area contributed by atoms with Crippen LogP contribution in [0.2, 0.25) is 0 Å². The number of aliphatic hydroxyl groups excluding tert-OH is 1. The van der Waals surface area contributed by atoms with Gasteiger partial charge >= 0.3 is 0 Å². The third-order valence-electron chi connectivity index (χ3n) is 3.04. The van der Waals surface area contributed by atoms with Crippen LogP contribution in [0.5, 0.6) is 0 Å². The van der Waals surface area contributed by atoms with E-state index in [1.54, 1.807) is 0 Å². The first-order valence-corrected chi connectivity index (χ1v) is 3.69. The van der Waals surface area contributed by atoms with Gasteiger partial charge in [-0.2, -0.15) is 0 Å². The highest BCUT2D eigenvalue weighted by Crippen LogP contribution is 2.48. The molecular weight excluding hydrogens is 114 g/mol. The lowest BCUT2D eigenvalue weighted by Crippen LogP contribution is -2.42. The molecule has 0 radical (unpaired) electrons. The fraction of sp³-hybridized carbons (Fsp3) is 1.00. The molecule has 0 aromatic heterocycles. The van der Waals surface area contributed by atoms with Gasteiger partial charge < -0.3 is 10.4 Å². The molecule has 1 saturated heterocycles. The van der Waals surface area contributed by atoms with Crippen molar-refractivity contribution in [3.8, 4) is 0 Å². The molecule has 0 amide bonds. The van der Waals surface area contributed by atoms with Crippen molar-refractivity contribution in [3.05, 3.63) is 0 Å². The average Bonchev–Trinajstić information content (AvgIpc) is 2.10. The van der Waals surface area contributed by atoms with Crippen molar-refractivity contribution in [1.82, 2.24) is 5.32 Å². The van der Waals surface area contributed by atoms with E-state index in [1.165, 1.54) is 12.8 Å². The predicted molar refractivity (Wildman–Crippen MR) is 35.1 cm³/mol. The maximum atomic E-state index is 9.01. The topological polar surface area (TPSA) is 32.3 Å². The molecule has 52 valence electrons. The van der Waals surface area contributed by atoms with Gasteiger partial charge in [0.25, 0.3) is 0 Å². The van der Waals surface area contributed by atoms with Gasteiger partial charge in [-0.05, 0) is 25.3 Å². The first kappa shape index (κ1) is 5.69. The monoisotopic (exact) mass is 127 g/mol. The zero-order valence-corrected chi connectivity index (χ0v) is 5.56. The SMILES string of the molecule is OCC12CCC1CNC2. The van der Waals surface area contributed by atoms with Crippen LogP contribution in [0, 0.1) is 11.3 Å². The summed E-state index contributed by atoms with van der Waals surface area (Å²) in [7, 11) is 0. The van der Waals surface area contributed by atoms with Gasteiger partial charge in [0.2, 0.25) is 0 Å². The second-order valence-electron chi connectivity index (χ2n) is 3.39. The summed E-state index contributed by atoms with van der Waals surface area (Å²) >= 11 is 0. The zero-order valence-electron chi connectivity index (χ0n) is 5.56. The molecule has 2 nitrogen and oxygen atoms in total. The fourth-order valence-electron chi connectivity index (χ4n) is 2.07. The number of aliphatic hydroxyl groups is 1. The molecule has 2 heteroatoms. The molecule has 2 atom stereocenters. The molecule has 1 aliphatic carbocycles. The quantitative estimate of drug-likeness (QED) is 0.519. The molecule has 2 rings (SSSR count). The summed E-state index contributed by atoms with van der Waals surface area (Å²) in [5.74, 6) is 0.794. The van der Waals surface area contributed by atoms with E-state index in [1.807, 2.05) is 0 Å². The molecule has 2 unspecified atom stereocenters. The predicted octanol–water partition coefficient (Wildman–Crippen LogP) is -0.0217. The van der Waals surface area contributed by atoms with Gasteiger partial charge in [-0.15, -0.1) is 0 Å².